The van der Waals surface area contributed by atoms with Gasteiger partial charge in [0.1, 0.15) is 0 Å². The second-order valence-electron chi connectivity index (χ2n) is 5.44. The molecule has 1 fully saturated rings. The molecule has 1 saturated heterocycles. The van der Waals surface area contributed by atoms with E-state index in [0.29, 0.717) is 26.1 Å². The molecule has 1 atom stereocenters. The van der Waals surface area contributed by atoms with Crippen LogP contribution in [0, 0.1) is 5.92 Å². The van der Waals surface area contributed by atoms with E-state index in [1.54, 1.807) is 16.8 Å². The monoisotopic (exact) mass is 300 g/mol. The van der Waals surface area contributed by atoms with E-state index in [0.717, 1.165) is 12.8 Å². The zero-order valence-corrected chi connectivity index (χ0v) is 12.7. The zero-order chi connectivity index (χ0) is 15.8. The zero-order valence-electron chi connectivity index (χ0n) is 12.7. The smallest absolute Gasteiger partial charge is 0.319 e. The molecule has 1 heterocycles. The number of carbonyl (C=O) groups excluding carboxylic acids is 2. The number of piperidine rings is 1. The van der Waals surface area contributed by atoms with Gasteiger partial charge < -0.3 is 19.6 Å². The van der Waals surface area contributed by atoms with Crippen LogP contribution >= 0.6 is 0 Å². The van der Waals surface area contributed by atoms with Gasteiger partial charge in [0, 0.05) is 39.5 Å². The maximum atomic E-state index is 12.3. The first-order valence-electron chi connectivity index (χ1n) is 7.22. The third-order valence-corrected chi connectivity index (χ3v) is 3.68. The highest BCUT2D eigenvalue weighted by Crippen LogP contribution is 2.20. The third-order valence-electron chi connectivity index (χ3n) is 3.68. The molecular weight excluding hydrogens is 276 g/mol. The SMILES string of the molecule is COC(=O)CCCN(C)C(=O)N1CCCC(CC(=O)O)C1. The minimum atomic E-state index is -0.819. The van der Waals surface area contributed by atoms with Crippen LogP contribution in [0.25, 0.3) is 0 Å². The lowest BCUT2D eigenvalue weighted by atomic mass is 9.95. The molecule has 0 saturated carbocycles. The minimum absolute atomic E-state index is 0.0312. The van der Waals surface area contributed by atoms with Gasteiger partial charge in [-0.1, -0.05) is 0 Å². The van der Waals surface area contributed by atoms with Crippen molar-refractivity contribution in [2.75, 3.05) is 33.8 Å². The van der Waals surface area contributed by atoms with Gasteiger partial charge in [-0.05, 0) is 25.2 Å². The molecule has 0 aromatic rings. The van der Waals surface area contributed by atoms with Crippen LogP contribution in [0.15, 0.2) is 0 Å². The average Bonchev–Trinajstić information content (AvgIpc) is 2.45. The highest BCUT2D eigenvalue weighted by atomic mass is 16.5. The number of nitrogens with zero attached hydrogens (tertiary/aromatic N) is 2. The van der Waals surface area contributed by atoms with E-state index in [2.05, 4.69) is 4.74 Å². The van der Waals surface area contributed by atoms with Crippen LogP contribution in [0.4, 0.5) is 4.79 Å². The number of carbonyl (C=O) groups is 3. The standard InChI is InChI=1S/C14H24N2O5/c1-15(7-4-6-13(19)21-2)14(20)16-8-3-5-11(10-16)9-12(17)18/h11H,3-10H2,1-2H3,(H,17,18). The fraction of sp³-hybridized carbons (Fsp3) is 0.786. The predicted octanol–water partition coefficient (Wildman–Crippen LogP) is 1.18. The Morgan fingerprint density at radius 2 is 2.10 bits per heavy atom. The molecule has 1 aliphatic heterocycles. The van der Waals surface area contributed by atoms with Crippen molar-refractivity contribution in [1.29, 1.82) is 0 Å². The fourth-order valence-electron chi connectivity index (χ4n) is 2.55. The number of rotatable bonds is 6. The third kappa shape index (κ3) is 6.01. The van der Waals surface area contributed by atoms with Crippen molar-refractivity contribution < 1.29 is 24.2 Å². The van der Waals surface area contributed by atoms with Crippen molar-refractivity contribution >= 4 is 18.0 Å². The number of ether oxygens (including phenoxy) is 1. The molecule has 7 nitrogen and oxygen atoms in total. The molecule has 0 radical (unpaired) electrons. The van der Waals surface area contributed by atoms with Gasteiger partial charge in [-0.15, -0.1) is 0 Å². The van der Waals surface area contributed by atoms with E-state index in [-0.39, 0.29) is 30.8 Å². The number of carboxylic acids is 1. The van der Waals surface area contributed by atoms with E-state index < -0.39 is 5.97 Å². The van der Waals surface area contributed by atoms with Crippen LogP contribution in [-0.2, 0) is 14.3 Å². The lowest BCUT2D eigenvalue weighted by Crippen LogP contribution is -2.46. The molecule has 0 spiro atoms. The number of methoxy groups -OCH3 is 1. The highest BCUT2D eigenvalue weighted by molar-refractivity contribution is 5.74. The number of amides is 2. The Labute approximate surface area is 124 Å². The fourth-order valence-corrected chi connectivity index (χ4v) is 2.55. The minimum Gasteiger partial charge on any atom is -0.481 e. The summed E-state index contributed by atoms with van der Waals surface area (Å²) in [5.74, 6) is -1.07. The van der Waals surface area contributed by atoms with E-state index in [9.17, 15) is 14.4 Å². The van der Waals surface area contributed by atoms with Crippen molar-refractivity contribution in [3.8, 4) is 0 Å². The predicted molar refractivity (Wildman–Crippen MR) is 75.8 cm³/mol. The summed E-state index contributed by atoms with van der Waals surface area (Å²) in [6, 6.07) is -0.102. The largest absolute Gasteiger partial charge is 0.481 e. The van der Waals surface area contributed by atoms with E-state index in [1.165, 1.54) is 7.11 Å². The first kappa shape index (κ1) is 17.3. The Morgan fingerprint density at radius 3 is 2.71 bits per heavy atom. The summed E-state index contributed by atoms with van der Waals surface area (Å²) in [4.78, 5) is 37.3. The van der Waals surface area contributed by atoms with Gasteiger partial charge in [0.15, 0.2) is 0 Å². The second-order valence-corrected chi connectivity index (χ2v) is 5.44. The number of aliphatic carboxylic acids is 1. The Kier molecular flexibility index (Phi) is 6.98. The number of esters is 1. The molecule has 1 N–H and O–H groups in total. The van der Waals surface area contributed by atoms with E-state index in [1.807, 2.05) is 0 Å². The number of hydrogen-bond acceptors (Lipinski definition) is 4. The van der Waals surface area contributed by atoms with Crippen LogP contribution in [0.3, 0.4) is 0 Å². The van der Waals surface area contributed by atoms with Crippen LogP contribution in [-0.4, -0.2) is 66.7 Å². The van der Waals surface area contributed by atoms with Gasteiger partial charge in [0.25, 0.3) is 0 Å². The van der Waals surface area contributed by atoms with Gasteiger partial charge in [-0.3, -0.25) is 9.59 Å². The first-order chi connectivity index (χ1) is 9.93. The summed E-state index contributed by atoms with van der Waals surface area (Å²) in [7, 11) is 3.04. The molecule has 0 aromatic heterocycles. The molecule has 0 aliphatic carbocycles. The maximum absolute atomic E-state index is 12.3. The summed E-state index contributed by atoms with van der Waals surface area (Å²) >= 11 is 0. The van der Waals surface area contributed by atoms with Crippen molar-refractivity contribution in [2.45, 2.75) is 32.1 Å². The average molecular weight is 300 g/mol. The topological polar surface area (TPSA) is 87.2 Å². The summed E-state index contributed by atoms with van der Waals surface area (Å²) < 4.78 is 4.55. The molecule has 0 aromatic carbocycles. The van der Waals surface area contributed by atoms with Crippen LogP contribution in [0.1, 0.15) is 32.1 Å². The lowest BCUT2D eigenvalue weighted by molar-refractivity contribution is -0.141. The molecule has 2 amide bonds. The first-order valence-corrected chi connectivity index (χ1v) is 7.22. The number of hydrogen-bond donors (Lipinski definition) is 1. The Hall–Kier alpha value is -1.79. The molecule has 0 bridgehead atoms. The molecule has 1 rings (SSSR count). The van der Waals surface area contributed by atoms with E-state index in [4.69, 9.17) is 5.11 Å². The van der Waals surface area contributed by atoms with Crippen molar-refractivity contribution in [1.82, 2.24) is 9.80 Å². The Bertz CT molecular complexity index is 386. The van der Waals surface area contributed by atoms with Crippen molar-refractivity contribution in [2.24, 2.45) is 5.92 Å². The second kappa shape index (κ2) is 8.49. The quantitative estimate of drug-likeness (QED) is 0.744. The maximum Gasteiger partial charge on any atom is 0.319 e. The van der Waals surface area contributed by atoms with Gasteiger partial charge in [-0.25, -0.2) is 4.79 Å². The van der Waals surface area contributed by atoms with Crippen molar-refractivity contribution in [3.05, 3.63) is 0 Å². The molecular formula is C14H24N2O5. The molecule has 7 heteroatoms. The lowest BCUT2D eigenvalue weighted by Gasteiger charge is -2.34. The summed E-state index contributed by atoms with van der Waals surface area (Å²) in [5, 5.41) is 8.83. The molecule has 1 unspecified atom stereocenters. The normalized spacial score (nSPS) is 18.2. The summed E-state index contributed by atoms with van der Waals surface area (Å²) in [5.41, 5.74) is 0. The van der Waals surface area contributed by atoms with Crippen LogP contribution in [0.2, 0.25) is 0 Å². The van der Waals surface area contributed by atoms with Gasteiger partial charge >= 0.3 is 18.0 Å². The molecule has 120 valence electrons. The van der Waals surface area contributed by atoms with E-state index >= 15 is 0 Å². The summed E-state index contributed by atoms with van der Waals surface area (Å²) in [6.07, 6.45) is 2.63. The summed E-state index contributed by atoms with van der Waals surface area (Å²) in [6.45, 7) is 1.64. The highest BCUT2D eigenvalue weighted by Gasteiger charge is 2.26. The van der Waals surface area contributed by atoms with Crippen molar-refractivity contribution in [3.63, 3.8) is 0 Å². The van der Waals surface area contributed by atoms with Gasteiger partial charge in [-0.2, -0.15) is 0 Å². The van der Waals surface area contributed by atoms with Gasteiger partial charge in [0.2, 0.25) is 0 Å². The van der Waals surface area contributed by atoms with Crippen LogP contribution in [0.5, 0.6) is 0 Å². The molecule has 21 heavy (non-hydrogen) atoms. The number of urea groups is 1. The number of carboxylic acid groups (broad SMARTS) is 1. The Balaban J connectivity index is 2.38. The Morgan fingerprint density at radius 1 is 1.38 bits per heavy atom. The van der Waals surface area contributed by atoms with Gasteiger partial charge in [0.05, 0.1) is 7.11 Å². The number of likely N-dealkylation sites (tertiary alicyclic amines) is 1. The molecule has 1 aliphatic rings. The van der Waals surface area contributed by atoms with Crippen LogP contribution < -0.4 is 0 Å².